The van der Waals surface area contributed by atoms with Crippen molar-refractivity contribution in [3.8, 4) is 0 Å². The Morgan fingerprint density at radius 1 is 1.33 bits per heavy atom. The van der Waals surface area contributed by atoms with E-state index in [2.05, 4.69) is 16.0 Å². The third-order valence-electron chi connectivity index (χ3n) is 3.04. The standard InChI is InChI=1S/C14H17N3O4/c1-21-8-13(19)16-10-3-2-4-11(6-10)17-14(20)9-5-12(18)15-7-9/h2-4,6,9H,5,7-8H2,1H3,(H,15,18)(H,16,19)(H,17,20). The number of methoxy groups -OCH3 is 1. The number of hydrogen-bond donors (Lipinski definition) is 3. The summed E-state index contributed by atoms with van der Waals surface area (Å²) in [7, 11) is 1.44. The van der Waals surface area contributed by atoms with Crippen molar-refractivity contribution in [1.29, 1.82) is 0 Å². The first kappa shape index (κ1) is 15.0. The molecular weight excluding hydrogens is 274 g/mol. The predicted molar refractivity (Wildman–Crippen MR) is 76.7 cm³/mol. The Labute approximate surface area is 122 Å². The molecule has 0 aliphatic carbocycles. The van der Waals surface area contributed by atoms with Gasteiger partial charge < -0.3 is 20.7 Å². The van der Waals surface area contributed by atoms with E-state index in [1.165, 1.54) is 7.11 Å². The number of ether oxygens (including phenoxy) is 1. The lowest BCUT2D eigenvalue weighted by molar-refractivity contribution is -0.123. The third-order valence-corrected chi connectivity index (χ3v) is 3.04. The molecule has 1 unspecified atom stereocenters. The van der Waals surface area contributed by atoms with E-state index in [0.717, 1.165) is 0 Å². The summed E-state index contributed by atoms with van der Waals surface area (Å²) in [5.74, 6) is -0.958. The second-order valence-corrected chi connectivity index (χ2v) is 4.76. The van der Waals surface area contributed by atoms with E-state index in [0.29, 0.717) is 17.9 Å². The normalized spacial score (nSPS) is 17.2. The lowest BCUT2D eigenvalue weighted by Gasteiger charge is -2.11. The highest BCUT2D eigenvalue weighted by molar-refractivity contribution is 5.98. The van der Waals surface area contributed by atoms with Crippen molar-refractivity contribution in [3.05, 3.63) is 24.3 Å². The largest absolute Gasteiger partial charge is 0.375 e. The van der Waals surface area contributed by atoms with Gasteiger partial charge in [-0.25, -0.2) is 0 Å². The summed E-state index contributed by atoms with van der Waals surface area (Å²) in [6, 6.07) is 6.80. The Morgan fingerprint density at radius 2 is 2.05 bits per heavy atom. The Balaban J connectivity index is 1.96. The zero-order valence-corrected chi connectivity index (χ0v) is 11.6. The number of benzene rings is 1. The van der Waals surface area contributed by atoms with Crippen LogP contribution in [0.25, 0.3) is 0 Å². The van der Waals surface area contributed by atoms with Gasteiger partial charge in [-0.1, -0.05) is 6.07 Å². The van der Waals surface area contributed by atoms with Crippen LogP contribution in [0, 0.1) is 5.92 Å². The van der Waals surface area contributed by atoms with E-state index < -0.39 is 0 Å². The summed E-state index contributed by atoms with van der Waals surface area (Å²) < 4.78 is 4.73. The third kappa shape index (κ3) is 4.28. The quantitative estimate of drug-likeness (QED) is 0.729. The summed E-state index contributed by atoms with van der Waals surface area (Å²) in [6.07, 6.45) is 0.204. The Bertz CT molecular complexity index is 559. The van der Waals surface area contributed by atoms with Crippen molar-refractivity contribution in [3.63, 3.8) is 0 Å². The minimum Gasteiger partial charge on any atom is -0.375 e. The number of carbonyl (C=O) groups excluding carboxylic acids is 3. The molecule has 0 radical (unpaired) electrons. The van der Waals surface area contributed by atoms with E-state index in [9.17, 15) is 14.4 Å². The molecule has 7 heteroatoms. The monoisotopic (exact) mass is 291 g/mol. The molecule has 2 rings (SSSR count). The summed E-state index contributed by atoms with van der Waals surface area (Å²) >= 11 is 0. The van der Waals surface area contributed by atoms with Crippen molar-refractivity contribution in [1.82, 2.24) is 5.32 Å². The summed E-state index contributed by atoms with van der Waals surface area (Å²) in [5.41, 5.74) is 1.13. The molecule has 0 saturated carbocycles. The van der Waals surface area contributed by atoms with Crippen LogP contribution in [0.3, 0.4) is 0 Å². The first-order valence-corrected chi connectivity index (χ1v) is 6.55. The fraction of sp³-hybridized carbons (Fsp3) is 0.357. The van der Waals surface area contributed by atoms with Crippen LogP contribution in [0.1, 0.15) is 6.42 Å². The van der Waals surface area contributed by atoms with E-state index in [-0.39, 0.29) is 36.7 Å². The molecule has 7 nitrogen and oxygen atoms in total. The summed E-state index contributed by atoms with van der Waals surface area (Å²) in [5, 5.41) is 8.00. The summed E-state index contributed by atoms with van der Waals surface area (Å²) in [4.78, 5) is 34.5. The average Bonchev–Trinajstić information content (AvgIpc) is 2.86. The maximum absolute atomic E-state index is 12.0. The number of anilines is 2. The fourth-order valence-electron chi connectivity index (χ4n) is 2.04. The molecule has 1 aromatic carbocycles. The lowest BCUT2D eigenvalue weighted by atomic mass is 10.1. The minimum atomic E-state index is -0.357. The minimum absolute atomic E-state index is 0.0353. The Morgan fingerprint density at radius 3 is 2.67 bits per heavy atom. The van der Waals surface area contributed by atoms with E-state index in [4.69, 9.17) is 4.74 Å². The molecule has 1 heterocycles. The highest BCUT2D eigenvalue weighted by atomic mass is 16.5. The molecule has 0 spiro atoms. The van der Waals surface area contributed by atoms with Gasteiger partial charge in [0, 0.05) is 31.5 Å². The van der Waals surface area contributed by atoms with Gasteiger partial charge in [-0.3, -0.25) is 14.4 Å². The fourth-order valence-corrected chi connectivity index (χ4v) is 2.04. The summed E-state index contributed by atoms with van der Waals surface area (Å²) in [6.45, 7) is 0.321. The van der Waals surface area contributed by atoms with Crippen LogP contribution in [0.2, 0.25) is 0 Å². The van der Waals surface area contributed by atoms with Crippen molar-refractivity contribution in [2.75, 3.05) is 30.9 Å². The van der Waals surface area contributed by atoms with Gasteiger partial charge in [0.05, 0.1) is 5.92 Å². The highest BCUT2D eigenvalue weighted by Gasteiger charge is 2.27. The number of rotatable bonds is 5. The lowest BCUT2D eigenvalue weighted by Crippen LogP contribution is -2.24. The topological polar surface area (TPSA) is 96.5 Å². The number of hydrogen-bond acceptors (Lipinski definition) is 4. The molecule has 1 atom stereocenters. The second kappa shape index (κ2) is 6.85. The van der Waals surface area contributed by atoms with E-state index in [1.54, 1.807) is 24.3 Å². The van der Waals surface area contributed by atoms with Gasteiger partial charge in [-0.15, -0.1) is 0 Å². The van der Waals surface area contributed by atoms with Crippen molar-refractivity contribution >= 4 is 29.1 Å². The van der Waals surface area contributed by atoms with Crippen molar-refractivity contribution in [2.45, 2.75) is 6.42 Å². The van der Waals surface area contributed by atoms with E-state index >= 15 is 0 Å². The SMILES string of the molecule is COCC(=O)Nc1cccc(NC(=O)C2CNC(=O)C2)c1. The smallest absolute Gasteiger partial charge is 0.250 e. The van der Waals surface area contributed by atoms with Crippen LogP contribution in [-0.4, -0.2) is 38.0 Å². The van der Waals surface area contributed by atoms with Gasteiger partial charge in [0.15, 0.2) is 0 Å². The van der Waals surface area contributed by atoms with Gasteiger partial charge in [-0.2, -0.15) is 0 Å². The average molecular weight is 291 g/mol. The molecule has 1 aliphatic rings. The Kier molecular flexibility index (Phi) is 4.89. The molecule has 0 bridgehead atoms. The second-order valence-electron chi connectivity index (χ2n) is 4.76. The van der Waals surface area contributed by atoms with Crippen LogP contribution in [0.4, 0.5) is 11.4 Å². The van der Waals surface area contributed by atoms with Gasteiger partial charge in [0.25, 0.3) is 0 Å². The maximum atomic E-state index is 12.0. The molecule has 1 aromatic rings. The van der Waals surface area contributed by atoms with Crippen LogP contribution in [-0.2, 0) is 19.1 Å². The molecule has 21 heavy (non-hydrogen) atoms. The molecule has 1 saturated heterocycles. The first-order chi connectivity index (χ1) is 10.1. The molecule has 3 amide bonds. The highest BCUT2D eigenvalue weighted by Crippen LogP contribution is 2.17. The van der Waals surface area contributed by atoms with Crippen LogP contribution in [0.5, 0.6) is 0 Å². The molecule has 1 aliphatic heterocycles. The predicted octanol–water partition coefficient (Wildman–Crippen LogP) is 0.346. The maximum Gasteiger partial charge on any atom is 0.250 e. The van der Waals surface area contributed by atoms with Gasteiger partial charge >= 0.3 is 0 Å². The van der Waals surface area contributed by atoms with Gasteiger partial charge in [0.1, 0.15) is 6.61 Å². The number of carbonyl (C=O) groups is 3. The zero-order chi connectivity index (χ0) is 15.2. The Hall–Kier alpha value is -2.41. The molecule has 1 fully saturated rings. The van der Waals surface area contributed by atoms with Gasteiger partial charge in [0.2, 0.25) is 17.7 Å². The number of amides is 3. The zero-order valence-electron chi connectivity index (χ0n) is 11.6. The molecular formula is C14H17N3O4. The van der Waals surface area contributed by atoms with Crippen molar-refractivity contribution in [2.24, 2.45) is 5.92 Å². The molecule has 3 N–H and O–H groups in total. The first-order valence-electron chi connectivity index (χ1n) is 6.55. The van der Waals surface area contributed by atoms with Crippen LogP contribution in [0.15, 0.2) is 24.3 Å². The number of nitrogens with one attached hydrogen (secondary N) is 3. The van der Waals surface area contributed by atoms with Crippen LogP contribution >= 0.6 is 0 Å². The van der Waals surface area contributed by atoms with E-state index in [1.807, 2.05) is 0 Å². The van der Waals surface area contributed by atoms with Crippen LogP contribution < -0.4 is 16.0 Å². The molecule has 0 aromatic heterocycles. The van der Waals surface area contributed by atoms with Gasteiger partial charge in [-0.05, 0) is 18.2 Å². The van der Waals surface area contributed by atoms with Crippen molar-refractivity contribution < 1.29 is 19.1 Å². The molecule has 112 valence electrons.